The van der Waals surface area contributed by atoms with E-state index in [9.17, 15) is 5.26 Å². The molecule has 0 atom stereocenters. The Bertz CT molecular complexity index is 848. The number of hydrogen-bond acceptors (Lipinski definition) is 3. The molecule has 0 spiro atoms. The molecule has 0 fully saturated rings. The molecule has 0 radical (unpaired) electrons. The molecule has 3 rings (SSSR count). The van der Waals surface area contributed by atoms with E-state index in [-0.39, 0.29) is 0 Å². The number of fused-ring (bicyclic) bond motifs is 1. The van der Waals surface area contributed by atoms with E-state index in [0.717, 1.165) is 11.5 Å². The first-order valence-electron chi connectivity index (χ1n) is 6.33. The van der Waals surface area contributed by atoms with Gasteiger partial charge in [-0.1, -0.05) is 23.7 Å². The van der Waals surface area contributed by atoms with Crippen molar-refractivity contribution in [2.75, 3.05) is 5.88 Å². The molecule has 0 aliphatic heterocycles. The van der Waals surface area contributed by atoms with Crippen molar-refractivity contribution in [3.63, 3.8) is 0 Å². The summed E-state index contributed by atoms with van der Waals surface area (Å²) in [5.74, 6) is 1.20. The molecule has 21 heavy (non-hydrogen) atoms. The van der Waals surface area contributed by atoms with Crippen LogP contribution in [0.25, 0.3) is 16.9 Å². The Balaban J connectivity index is 2.34. The van der Waals surface area contributed by atoms with Crippen LogP contribution in [0.5, 0.6) is 0 Å². The van der Waals surface area contributed by atoms with Gasteiger partial charge in [-0.25, -0.2) is 9.97 Å². The summed E-state index contributed by atoms with van der Waals surface area (Å²) in [5, 5.41) is 9.83. The minimum atomic E-state index is 0.436. The summed E-state index contributed by atoms with van der Waals surface area (Å²) in [7, 11) is 0. The van der Waals surface area contributed by atoms with Crippen molar-refractivity contribution in [2.45, 2.75) is 6.42 Å². The molecule has 0 amide bonds. The Morgan fingerprint density at radius 3 is 2.86 bits per heavy atom. The highest BCUT2D eigenvalue weighted by atomic mass is 35.5. The lowest BCUT2D eigenvalue weighted by Crippen LogP contribution is -2.04. The first kappa shape index (κ1) is 13.9. The van der Waals surface area contributed by atoms with Crippen LogP contribution in [0.3, 0.4) is 0 Å². The quantitative estimate of drug-likeness (QED) is 0.692. The number of aromatic nitrogens is 3. The molecule has 4 nitrogen and oxygen atoms in total. The van der Waals surface area contributed by atoms with Gasteiger partial charge in [0.05, 0.1) is 16.3 Å². The van der Waals surface area contributed by atoms with Crippen molar-refractivity contribution < 1.29 is 0 Å². The molecular weight excluding hydrogens is 307 g/mol. The highest BCUT2D eigenvalue weighted by Crippen LogP contribution is 2.24. The van der Waals surface area contributed by atoms with Gasteiger partial charge in [-0.3, -0.25) is 4.57 Å². The number of imidazole rings is 1. The first-order valence-corrected chi connectivity index (χ1v) is 7.24. The van der Waals surface area contributed by atoms with Gasteiger partial charge in [-0.05, 0) is 18.2 Å². The van der Waals surface area contributed by atoms with Crippen molar-refractivity contribution in [1.82, 2.24) is 14.5 Å². The van der Waals surface area contributed by atoms with Crippen molar-refractivity contribution >= 4 is 34.4 Å². The third-order valence-corrected chi connectivity index (χ3v) is 3.51. The number of alkyl halides is 1. The molecule has 2 heterocycles. The minimum absolute atomic E-state index is 0.436. The number of pyridine rings is 1. The van der Waals surface area contributed by atoms with Crippen molar-refractivity contribution in [2.24, 2.45) is 0 Å². The van der Waals surface area contributed by atoms with Gasteiger partial charge in [0.15, 0.2) is 5.65 Å². The number of aryl methyl sites for hydroxylation is 1. The average Bonchev–Trinajstić information content (AvgIpc) is 2.84. The van der Waals surface area contributed by atoms with Crippen LogP contribution in [0.15, 0.2) is 36.5 Å². The van der Waals surface area contributed by atoms with Crippen LogP contribution >= 0.6 is 23.2 Å². The monoisotopic (exact) mass is 316 g/mol. The zero-order valence-corrected chi connectivity index (χ0v) is 12.4. The number of benzene rings is 1. The molecule has 0 N–H and O–H groups in total. The minimum Gasteiger partial charge on any atom is -0.279 e. The van der Waals surface area contributed by atoms with Crippen LogP contribution in [0.4, 0.5) is 0 Å². The van der Waals surface area contributed by atoms with E-state index < -0.39 is 0 Å². The summed E-state index contributed by atoms with van der Waals surface area (Å²) in [6, 6.07) is 11.3. The number of halogens is 2. The third kappa shape index (κ3) is 2.46. The average molecular weight is 317 g/mol. The van der Waals surface area contributed by atoms with Crippen LogP contribution in [0.2, 0.25) is 5.02 Å². The van der Waals surface area contributed by atoms with Gasteiger partial charge in [-0.15, -0.1) is 11.6 Å². The lowest BCUT2D eigenvalue weighted by molar-refractivity contribution is 0.903. The summed E-state index contributed by atoms with van der Waals surface area (Å²) in [5.41, 5.74) is 2.67. The second kappa shape index (κ2) is 5.72. The van der Waals surface area contributed by atoms with E-state index in [0.29, 0.717) is 34.1 Å². The summed E-state index contributed by atoms with van der Waals surface area (Å²) in [6.07, 6.45) is 2.15. The lowest BCUT2D eigenvalue weighted by atomic mass is 10.2. The molecule has 6 heteroatoms. The number of hydrogen-bond donors (Lipinski definition) is 0. The molecule has 1 aromatic carbocycles. The number of nitriles is 1. The molecule has 0 unspecified atom stereocenters. The topological polar surface area (TPSA) is 54.5 Å². The molecule has 0 bridgehead atoms. The summed E-state index contributed by atoms with van der Waals surface area (Å²) in [4.78, 5) is 8.89. The van der Waals surface area contributed by atoms with Gasteiger partial charge in [0, 0.05) is 18.5 Å². The zero-order valence-electron chi connectivity index (χ0n) is 10.9. The molecule has 0 saturated carbocycles. The Kier molecular flexibility index (Phi) is 3.78. The van der Waals surface area contributed by atoms with Crippen LogP contribution in [0, 0.1) is 11.3 Å². The van der Waals surface area contributed by atoms with Crippen molar-refractivity contribution in [1.29, 1.82) is 5.26 Å². The maximum atomic E-state index is 9.30. The smallest absolute Gasteiger partial charge is 0.164 e. The van der Waals surface area contributed by atoms with Crippen molar-refractivity contribution in [3.05, 3.63) is 52.9 Å². The summed E-state index contributed by atoms with van der Waals surface area (Å²) >= 11 is 11.8. The number of nitrogens with zero attached hydrogens (tertiary/aromatic N) is 4. The van der Waals surface area contributed by atoms with E-state index in [4.69, 9.17) is 23.2 Å². The molecule has 0 aliphatic rings. The van der Waals surface area contributed by atoms with E-state index in [1.54, 1.807) is 18.3 Å². The van der Waals surface area contributed by atoms with Crippen LogP contribution in [0.1, 0.15) is 11.4 Å². The van der Waals surface area contributed by atoms with E-state index in [1.165, 1.54) is 0 Å². The fourth-order valence-corrected chi connectivity index (χ4v) is 2.58. The Labute approximate surface area is 131 Å². The predicted octanol–water partition coefficient (Wildman–Crippen LogP) is 3.73. The van der Waals surface area contributed by atoms with E-state index >= 15 is 0 Å². The fourth-order valence-electron chi connectivity index (χ4n) is 2.26. The van der Waals surface area contributed by atoms with Gasteiger partial charge in [0.1, 0.15) is 17.4 Å². The highest BCUT2D eigenvalue weighted by Gasteiger charge is 2.15. The first-order chi connectivity index (χ1) is 10.2. The van der Waals surface area contributed by atoms with Crippen LogP contribution in [-0.4, -0.2) is 20.4 Å². The lowest BCUT2D eigenvalue weighted by Gasteiger charge is -2.09. The van der Waals surface area contributed by atoms with E-state index in [1.807, 2.05) is 22.8 Å². The largest absolute Gasteiger partial charge is 0.279 e. The second-order valence-corrected chi connectivity index (χ2v) is 5.24. The molecule has 3 aromatic rings. The van der Waals surface area contributed by atoms with Gasteiger partial charge < -0.3 is 0 Å². The maximum absolute atomic E-state index is 9.30. The highest BCUT2D eigenvalue weighted by molar-refractivity contribution is 6.31. The van der Waals surface area contributed by atoms with E-state index in [2.05, 4.69) is 16.0 Å². The Morgan fingerprint density at radius 1 is 1.29 bits per heavy atom. The van der Waals surface area contributed by atoms with Gasteiger partial charge in [-0.2, -0.15) is 5.26 Å². The van der Waals surface area contributed by atoms with Crippen LogP contribution in [-0.2, 0) is 6.42 Å². The maximum Gasteiger partial charge on any atom is 0.164 e. The summed E-state index contributed by atoms with van der Waals surface area (Å²) < 4.78 is 1.87. The van der Waals surface area contributed by atoms with Gasteiger partial charge in [0.2, 0.25) is 0 Å². The molecule has 0 saturated heterocycles. The van der Waals surface area contributed by atoms with Gasteiger partial charge in [0.25, 0.3) is 0 Å². The Hall–Kier alpha value is -2.09. The molecular formula is C15H10Cl2N4. The van der Waals surface area contributed by atoms with Crippen molar-refractivity contribution in [3.8, 4) is 11.8 Å². The number of rotatable bonds is 3. The molecule has 2 aromatic heterocycles. The van der Waals surface area contributed by atoms with Gasteiger partial charge >= 0.3 is 0 Å². The standard InChI is InChI=1S/C15H10Cl2N4/c16-6-5-14-20-12-7-11(17)9-19-15(12)21(14)13-4-2-1-3-10(13)8-18/h1-4,7,9H,5-6H2. The fraction of sp³-hybridized carbons (Fsp3) is 0.133. The SMILES string of the molecule is N#Cc1ccccc1-n1c(CCCl)nc2cc(Cl)cnc21. The second-order valence-electron chi connectivity index (χ2n) is 4.43. The third-order valence-electron chi connectivity index (χ3n) is 3.12. The Morgan fingerprint density at radius 2 is 2.10 bits per heavy atom. The summed E-state index contributed by atoms with van der Waals surface area (Å²) in [6.45, 7) is 0. The number of para-hydroxylation sites is 1. The van der Waals surface area contributed by atoms with Crippen LogP contribution < -0.4 is 0 Å². The predicted molar refractivity (Wildman–Crippen MR) is 83.0 cm³/mol. The molecule has 104 valence electrons. The normalized spacial score (nSPS) is 10.7. The molecule has 0 aliphatic carbocycles. The zero-order chi connectivity index (χ0) is 14.8.